The molecular formula is C22H35F3N2O2S. The average Bonchev–Trinajstić information content (AvgIpc) is 2.68. The minimum Gasteiger partial charge on any atom is -0.369 e. The van der Waals surface area contributed by atoms with Crippen molar-refractivity contribution >= 4 is 15.5 Å². The van der Waals surface area contributed by atoms with E-state index in [0.29, 0.717) is 23.7 Å². The molecule has 0 N–H and O–H groups in total. The number of sulfone groups is 1. The van der Waals surface area contributed by atoms with Crippen LogP contribution in [0.3, 0.4) is 0 Å². The highest BCUT2D eigenvalue weighted by Crippen LogP contribution is 2.39. The van der Waals surface area contributed by atoms with Crippen molar-refractivity contribution in [3.8, 4) is 0 Å². The molecule has 0 radical (unpaired) electrons. The smallest absolute Gasteiger partial charge is 0.369 e. The summed E-state index contributed by atoms with van der Waals surface area (Å²) in [5.41, 5.74) is 0.906. The third-order valence-electron chi connectivity index (χ3n) is 5.81. The van der Waals surface area contributed by atoms with E-state index in [-0.39, 0.29) is 12.8 Å². The first-order chi connectivity index (χ1) is 14.0. The van der Waals surface area contributed by atoms with Gasteiger partial charge in [0.25, 0.3) is 0 Å². The Morgan fingerprint density at radius 3 is 2.07 bits per heavy atom. The lowest BCUT2D eigenvalue weighted by molar-refractivity contribution is -0.184. The maximum absolute atomic E-state index is 12.8. The molecule has 8 heteroatoms. The second-order valence-corrected chi connectivity index (χ2v) is 10.5. The number of hydrogen-bond acceptors (Lipinski definition) is 4. The van der Waals surface area contributed by atoms with E-state index in [1.54, 1.807) is 18.2 Å². The summed E-state index contributed by atoms with van der Waals surface area (Å²) < 4.78 is 61.8. The molecule has 0 unspecified atom stereocenters. The van der Waals surface area contributed by atoms with Crippen LogP contribution in [-0.2, 0) is 9.84 Å². The van der Waals surface area contributed by atoms with Crippen LogP contribution >= 0.6 is 0 Å². The molecule has 0 aromatic heterocycles. The molecule has 1 saturated heterocycles. The Morgan fingerprint density at radius 2 is 1.57 bits per heavy atom. The van der Waals surface area contributed by atoms with Gasteiger partial charge in [0.1, 0.15) is 0 Å². The van der Waals surface area contributed by atoms with Gasteiger partial charge in [0.15, 0.2) is 9.84 Å². The quantitative estimate of drug-likeness (QED) is 0.650. The molecule has 172 valence electrons. The summed E-state index contributed by atoms with van der Waals surface area (Å²) in [4.78, 5) is 4.82. The van der Waals surface area contributed by atoms with Crippen LogP contribution in [0.4, 0.5) is 18.9 Å². The molecule has 4 nitrogen and oxygen atoms in total. The van der Waals surface area contributed by atoms with Crippen LogP contribution in [0.2, 0.25) is 0 Å². The molecule has 0 spiro atoms. The summed E-state index contributed by atoms with van der Waals surface area (Å²) in [6.07, 6.45) is 0.231. The maximum Gasteiger partial charge on any atom is 0.391 e. The predicted octanol–water partition coefficient (Wildman–Crippen LogP) is 5.00. The van der Waals surface area contributed by atoms with Crippen molar-refractivity contribution in [1.29, 1.82) is 0 Å². The van der Waals surface area contributed by atoms with Crippen molar-refractivity contribution in [3.05, 3.63) is 24.3 Å². The van der Waals surface area contributed by atoms with Gasteiger partial charge in [0.2, 0.25) is 0 Å². The second-order valence-electron chi connectivity index (χ2n) is 8.52. The van der Waals surface area contributed by atoms with Gasteiger partial charge in [0, 0.05) is 44.7 Å². The number of hydrogen-bond donors (Lipinski definition) is 0. The van der Waals surface area contributed by atoms with Crippen LogP contribution in [0.5, 0.6) is 0 Å². The van der Waals surface area contributed by atoms with Gasteiger partial charge in [-0.2, -0.15) is 13.2 Å². The minimum absolute atomic E-state index is 0.256. The highest BCUT2D eigenvalue weighted by Gasteiger charge is 2.41. The Bertz CT molecular complexity index is 752. The van der Waals surface area contributed by atoms with Crippen molar-refractivity contribution in [3.63, 3.8) is 0 Å². The first kappa shape index (κ1) is 25.0. The van der Waals surface area contributed by atoms with Crippen LogP contribution in [0.1, 0.15) is 46.0 Å². The standard InChI is InChI=1S/C19H27F3N2O2S.C3H8/c1-27(25,26)18-4-2-3-17(13-18)24-11-9-23(10-12-24)14-15-5-7-16(8-6-15)19(20,21)22;1-3-2/h2-4,13,15-16H,5-12,14H2,1H3;3H2,1-2H3. The van der Waals surface area contributed by atoms with E-state index in [9.17, 15) is 21.6 Å². The summed E-state index contributed by atoms with van der Waals surface area (Å²) in [7, 11) is -3.23. The van der Waals surface area contributed by atoms with E-state index in [1.807, 2.05) is 6.07 Å². The van der Waals surface area contributed by atoms with E-state index in [2.05, 4.69) is 23.6 Å². The summed E-state index contributed by atoms with van der Waals surface area (Å²) in [5, 5.41) is 0. The molecule has 0 bridgehead atoms. The third kappa shape index (κ3) is 7.45. The zero-order valence-electron chi connectivity index (χ0n) is 18.3. The topological polar surface area (TPSA) is 40.6 Å². The van der Waals surface area contributed by atoms with E-state index < -0.39 is 21.9 Å². The van der Waals surface area contributed by atoms with Crippen LogP contribution in [-0.4, -0.2) is 58.5 Å². The Kier molecular flexibility index (Phi) is 9.03. The highest BCUT2D eigenvalue weighted by atomic mass is 32.2. The molecule has 1 heterocycles. The number of halogens is 3. The molecule has 1 aromatic rings. The molecule has 0 amide bonds. The van der Waals surface area contributed by atoms with Crippen molar-refractivity contribution in [2.45, 2.75) is 57.0 Å². The number of anilines is 1. The number of nitrogens with zero attached hydrogens (tertiary/aromatic N) is 2. The number of piperazine rings is 1. The first-order valence-electron chi connectivity index (χ1n) is 10.9. The fourth-order valence-corrected chi connectivity index (χ4v) is 4.80. The SMILES string of the molecule is CCC.CS(=O)(=O)c1cccc(N2CCN(CC3CCC(C(F)(F)F)CC3)CC2)c1. The molecule has 1 saturated carbocycles. The maximum atomic E-state index is 12.8. The Morgan fingerprint density at radius 1 is 1.00 bits per heavy atom. The van der Waals surface area contributed by atoms with Gasteiger partial charge in [0.05, 0.1) is 10.8 Å². The predicted molar refractivity (Wildman–Crippen MR) is 116 cm³/mol. The summed E-state index contributed by atoms with van der Waals surface area (Å²) in [5.74, 6) is -0.767. The lowest BCUT2D eigenvalue weighted by Gasteiger charge is -2.39. The Balaban J connectivity index is 0.00000101. The van der Waals surface area contributed by atoms with Crippen LogP contribution in [0, 0.1) is 11.8 Å². The molecule has 30 heavy (non-hydrogen) atoms. The zero-order chi connectivity index (χ0) is 22.4. The van der Waals surface area contributed by atoms with Gasteiger partial charge in [-0.05, 0) is 49.8 Å². The highest BCUT2D eigenvalue weighted by molar-refractivity contribution is 7.90. The van der Waals surface area contributed by atoms with Crippen LogP contribution in [0.25, 0.3) is 0 Å². The molecule has 2 fully saturated rings. The molecule has 3 rings (SSSR count). The molecule has 2 aliphatic rings. The van der Waals surface area contributed by atoms with Crippen molar-refractivity contribution in [2.24, 2.45) is 11.8 Å². The van der Waals surface area contributed by atoms with Gasteiger partial charge in [-0.15, -0.1) is 0 Å². The average molecular weight is 449 g/mol. The number of benzene rings is 1. The van der Waals surface area contributed by atoms with Gasteiger partial charge in [-0.3, -0.25) is 4.90 Å². The molecule has 1 aliphatic heterocycles. The number of rotatable bonds is 4. The van der Waals surface area contributed by atoms with E-state index in [0.717, 1.165) is 38.4 Å². The first-order valence-corrected chi connectivity index (χ1v) is 12.8. The van der Waals surface area contributed by atoms with Crippen molar-refractivity contribution < 1.29 is 21.6 Å². The fraction of sp³-hybridized carbons (Fsp3) is 0.727. The number of alkyl halides is 3. The molecule has 1 aliphatic carbocycles. The van der Waals surface area contributed by atoms with E-state index >= 15 is 0 Å². The monoisotopic (exact) mass is 448 g/mol. The molecule has 1 aromatic carbocycles. The van der Waals surface area contributed by atoms with Crippen molar-refractivity contribution in [1.82, 2.24) is 4.90 Å². The van der Waals surface area contributed by atoms with Gasteiger partial charge in [-0.1, -0.05) is 26.3 Å². The molecular weight excluding hydrogens is 413 g/mol. The lowest BCUT2D eigenvalue weighted by atomic mass is 9.81. The largest absolute Gasteiger partial charge is 0.391 e. The van der Waals surface area contributed by atoms with Crippen LogP contribution < -0.4 is 4.90 Å². The third-order valence-corrected chi connectivity index (χ3v) is 6.92. The van der Waals surface area contributed by atoms with Gasteiger partial charge < -0.3 is 4.90 Å². The summed E-state index contributed by atoms with van der Waals surface area (Å²) in [6.45, 7) is 8.41. The minimum atomic E-state index is -4.04. The Labute approximate surface area is 179 Å². The van der Waals surface area contributed by atoms with Gasteiger partial charge >= 0.3 is 6.18 Å². The zero-order valence-corrected chi connectivity index (χ0v) is 19.1. The fourth-order valence-electron chi connectivity index (χ4n) is 4.14. The summed E-state index contributed by atoms with van der Waals surface area (Å²) >= 11 is 0. The Hall–Kier alpha value is -1.28. The van der Waals surface area contributed by atoms with Crippen LogP contribution in [0.15, 0.2) is 29.2 Å². The van der Waals surface area contributed by atoms with Crippen molar-refractivity contribution in [2.75, 3.05) is 43.9 Å². The normalized spacial score (nSPS) is 23.6. The molecule has 0 atom stereocenters. The second kappa shape index (κ2) is 10.8. The summed E-state index contributed by atoms with van der Waals surface area (Å²) in [6, 6.07) is 7.00. The lowest BCUT2D eigenvalue weighted by Crippen LogP contribution is -2.48. The van der Waals surface area contributed by atoms with E-state index in [4.69, 9.17) is 0 Å². The van der Waals surface area contributed by atoms with Gasteiger partial charge in [-0.25, -0.2) is 8.42 Å². The van der Waals surface area contributed by atoms with E-state index in [1.165, 1.54) is 12.7 Å².